The zero-order chi connectivity index (χ0) is 36.4. The van der Waals surface area contributed by atoms with Gasteiger partial charge in [0.15, 0.2) is 0 Å². The summed E-state index contributed by atoms with van der Waals surface area (Å²) in [6.07, 6.45) is 3.31. The normalized spacial score (nSPS) is 17.3. The molecule has 4 heterocycles. The number of benzene rings is 2. The maximum Gasteiger partial charge on any atom is 0.410 e. The van der Waals surface area contributed by atoms with Gasteiger partial charge in [-0.1, -0.05) is 12.1 Å². The Kier molecular flexibility index (Phi) is 12.3. The van der Waals surface area contributed by atoms with Crippen molar-refractivity contribution in [2.75, 3.05) is 43.5 Å². The minimum absolute atomic E-state index is 0.129. The summed E-state index contributed by atoms with van der Waals surface area (Å²) >= 11 is 0. The van der Waals surface area contributed by atoms with E-state index in [1.54, 1.807) is 39.0 Å². The molecule has 2 aromatic carbocycles. The van der Waals surface area contributed by atoms with Crippen molar-refractivity contribution < 1.29 is 38.4 Å². The van der Waals surface area contributed by atoms with Crippen molar-refractivity contribution in [3.05, 3.63) is 53.6 Å². The van der Waals surface area contributed by atoms with E-state index < -0.39 is 35.5 Å². The van der Waals surface area contributed by atoms with Crippen LogP contribution >= 0.6 is 0 Å². The summed E-state index contributed by atoms with van der Waals surface area (Å²) in [4.78, 5) is 53.5. The number of hydrogen-bond acceptors (Lipinski definition) is 12. The molecule has 15 nitrogen and oxygen atoms in total. The van der Waals surface area contributed by atoms with E-state index in [0.29, 0.717) is 51.0 Å². The van der Waals surface area contributed by atoms with E-state index in [1.807, 2.05) is 31.2 Å². The van der Waals surface area contributed by atoms with E-state index in [1.165, 1.54) is 4.90 Å². The molecule has 1 fully saturated rings. The van der Waals surface area contributed by atoms with E-state index >= 15 is 0 Å². The molecule has 15 heteroatoms. The number of carboxylic acid groups (broad SMARTS) is 1. The minimum Gasteiger partial charge on any atom is -0.494 e. The van der Waals surface area contributed by atoms with Gasteiger partial charge in [-0.25, -0.2) is 9.59 Å². The van der Waals surface area contributed by atoms with E-state index in [4.69, 9.17) is 18.9 Å². The first-order valence-electron chi connectivity index (χ1n) is 17.4. The van der Waals surface area contributed by atoms with Crippen LogP contribution in [0.4, 0.5) is 22.4 Å². The van der Waals surface area contributed by atoms with Gasteiger partial charge in [-0.3, -0.25) is 4.79 Å². The lowest BCUT2D eigenvalue weighted by molar-refractivity contribution is -0.140. The number of carbonyl (C=O) groups is 3. The van der Waals surface area contributed by atoms with Crippen LogP contribution in [0.1, 0.15) is 75.7 Å². The van der Waals surface area contributed by atoms with Crippen LogP contribution in [0.5, 0.6) is 17.5 Å². The lowest BCUT2D eigenvalue weighted by atomic mass is 9.98. The van der Waals surface area contributed by atoms with Gasteiger partial charge in [0.1, 0.15) is 23.1 Å². The molecule has 0 saturated carbocycles. The first-order valence-corrected chi connectivity index (χ1v) is 17.4. The smallest absolute Gasteiger partial charge is 0.410 e. The third-order valence-corrected chi connectivity index (χ3v) is 8.21. The molecule has 6 bridgehead atoms. The Balaban J connectivity index is 1.36. The molecule has 2 amide bonds. The van der Waals surface area contributed by atoms with Gasteiger partial charge in [0.05, 0.1) is 25.4 Å². The summed E-state index contributed by atoms with van der Waals surface area (Å²) in [6.45, 7) is 9.32. The minimum atomic E-state index is -1.24. The van der Waals surface area contributed by atoms with E-state index in [0.717, 1.165) is 37.0 Å². The molecule has 1 saturated heterocycles. The van der Waals surface area contributed by atoms with Crippen LogP contribution in [0.25, 0.3) is 0 Å². The lowest BCUT2D eigenvalue weighted by Gasteiger charge is -2.25. The van der Waals surface area contributed by atoms with Gasteiger partial charge in [0.25, 0.3) is 5.91 Å². The van der Waals surface area contributed by atoms with Gasteiger partial charge in [0.2, 0.25) is 11.9 Å². The fourth-order valence-electron chi connectivity index (χ4n) is 5.69. The molecule has 2 atom stereocenters. The summed E-state index contributed by atoms with van der Waals surface area (Å²) < 4.78 is 23.1. The predicted octanol–water partition coefficient (Wildman–Crippen LogP) is 5.40. The predicted molar refractivity (Wildman–Crippen MR) is 189 cm³/mol. The Morgan fingerprint density at radius 2 is 1.73 bits per heavy atom. The second-order valence-corrected chi connectivity index (χ2v) is 13.4. The molecule has 2 unspecified atom stereocenters. The molecule has 6 rings (SSSR count). The molecule has 0 radical (unpaired) electrons. The first-order chi connectivity index (χ1) is 24.5. The number of ether oxygens (including phenoxy) is 4. The zero-order valence-corrected chi connectivity index (χ0v) is 29.6. The number of anilines is 3. The molecule has 51 heavy (non-hydrogen) atoms. The van der Waals surface area contributed by atoms with Crippen molar-refractivity contribution in [1.82, 2.24) is 25.2 Å². The largest absolute Gasteiger partial charge is 0.494 e. The van der Waals surface area contributed by atoms with Crippen LogP contribution in [0.2, 0.25) is 0 Å². The number of likely N-dealkylation sites (tertiary alicyclic amines) is 1. The Labute approximate surface area is 297 Å². The zero-order valence-electron chi connectivity index (χ0n) is 29.6. The number of fused-ring (bicyclic) bond motifs is 10. The molecule has 0 aliphatic carbocycles. The summed E-state index contributed by atoms with van der Waals surface area (Å²) in [7, 11) is 0. The van der Waals surface area contributed by atoms with Crippen molar-refractivity contribution in [2.45, 2.75) is 78.0 Å². The number of carboxylic acids is 1. The third kappa shape index (κ3) is 10.8. The number of hydrogen-bond donors (Lipinski definition) is 4. The summed E-state index contributed by atoms with van der Waals surface area (Å²) in [5.74, 6) is -0.761. The average Bonchev–Trinajstić information content (AvgIpc) is 3.57. The fourth-order valence-corrected chi connectivity index (χ4v) is 5.69. The molecule has 3 aromatic rings. The Morgan fingerprint density at radius 3 is 2.43 bits per heavy atom. The number of aromatic nitrogens is 3. The Hall–Kier alpha value is -5.34. The van der Waals surface area contributed by atoms with Crippen molar-refractivity contribution in [1.29, 1.82) is 0 Å². The highest BCUT2D eigenvalue weighted by atomic mass is 16.6. The van der Waals surface area contributed by atoms with E-state index in [9.17, 15) is 19.5 Å². The number of nitrogens with zero attached hydrogens (tertiary/aromatic N) is 4. The molecule has 3 aliphatic heterocycles. The van der Waals surface area contributed by atoms with E-state index in [-0.39, 0.29) is 29.8 Å². The van der Waals surface area contributed by atoms with Crippen LogP contribution in [0.3, 0.4) is 0 Å². The number of carbonyl (C=O) groups excluding carboxylic acids is 2. The third-order valence-electron chi connectivity index (χ3n) is 8.21. The van der Waals surface area contributed by atoms with Gasteiger partial charge in [-0.05, 0) is 89.6 Å². The van der Waals surface area contributed by atoms with Gasteiger partial charge >= 0.3 is 18.1 Å². The highest BCUT2D eigenvalue weighted by Gasteiger charge is 2.38. The second-order valence-electron chi connectivity index (χ2n) is 13.4. The Bertz CT molecular complexity index is 1660. The van der Waals surface area contributed by atoms with Crippen molar-refractivity contribution in [2.24, 2.45) is 5.92 Å². The molecule has 0 spiro atoms. The number of rotatable bonds is 6. The highest BCUT2D eigenvalue weighted by Crippen LogP contribution is 2.28. The quantitative estimate of drug-likeness (QED) is 0.256. The second kappa shape index (κ2) is 17.1. The van der Waals surface area contributed by atoms with Crippen LogP contribution in [-0.2, 0) is 16.1 Å². The number of nitrogens with one attached hydrogen (secondary N) is 3. The standard InChI is InChI=1S/C36H47N7O8/c1-5-48-34-41-32-37-21-23-10-13-26(14-11-23)49-18-8-6-7-9-19-50-28-20-25(38-33(40-32)42-34)12-15-27(28)30(44)39-29(31(45)46)24-16-17-43(22-24)35(47)51-36(2,3)4/h10-15,20,24,29H,5-9,16-19,21-22H2,1-4H3,(H,39,44)(H,45,46)(H2,37,38,40,41,42). The van der Waals surface area contributed by atoms with Gasteiger partial charge in [0, 0.05) is 37.3 Å². The molecule has 4 N–H and O–H groups in total. The monoisotopic (exact) mass is 705 g/mol. The molecular weight excluding hydrogens is 658 g/mol. The maximum atomic E-state index is 13.7. The highest BCUT2D eigenvalue weighted by molar-refractivity contribution is 5.99. The van der Waals surface area contributed by atoms with E-state index in [2.05, 4.69) is 30.9 Å². The van der Waals surface area contributed by atoms with Crippen molar-refractivity contribution in [3.8, 4) is 17.5 Å². The lowest BCUT2D eigenvalue weighted by Crippen LogP contribution is -2.47. The summed E-state index contributed by atoms with van der Waals surface area (Å²) in [6, 6.07) is 11.6. The van der Waals surface area contributed by atoms with Crippen LogP contribution in [0.15, 0.2) is 42.5 Å². The number of aliphatic carboxylic acids is 1. The van der Waals surface area contributed by atoms with Gasteiger partial charge < -0.3 is 44.9 Å². The van der Waals surface area contributed by atoms with Crippen LogP contribution < -0.4 is 30.2 Å². The van der Waals surface area contributed by atoms with Gasteiger partial charge in [-0.15, -0.1) is 0 Å². The van der Waals surface area contributed by atoms with Crippen LogP contribution in [0, 0.1) is 5.92 Å². The van der Waals surface area contributed by atoms with Crippen molar-refractivity contribution >= 4 is 35.6 Å². The molecule has 274 valence electrons. The molecule has 3 aliphatic rings. The first kappa shape index (κ1) is 36.9. The molecular formula is C36H47N7O8. The average molecular weight is 706 g/mol. The topological polar surface area (TPSA) is 186 Å². The van der Waals surface area contributed by atoms with Gasteiger partial charge in [-0.2, -0.15) is 15.0 Å². The summed E-state index contributed by atoms with van der Waals surface area (Å²) in [5.41, 5.74) is 1.02. The molecule has 1 aromatic heterocycles. The Morgan fingerprint density at radius 1 is 1.00 bits per heavy atom. The maximum absolute atomic E-state index is 13.7. The fraction of sp³-hybridized carbons (Fsp3) is 0.500. The van der Waals surface area contributed by atoms with Crippen LogP contribution in [-0.4, -0.2) is 87.5 Å². The number of amides is 2. The summed E-state index contributed by atoms with van der Waals surface area (Å²) in [5, 5.41) is 19.2. The SMILES string of the molecule is CCOc1nc2nc(n1)Nc1ccc(C(=O)NC(C(=O)O)C3CCN(C(=O)OC(C)(C)C)C3)c(c1)OCCCCCCOc1ccc(cc1)CN2. The van der Waals surface area contributed by atoms with Crippen molar-refractivity contribution in [3.63, 3.8) is 0 Å².